The fourth-order valence-electron chi connectivity index (χ4n) is 3.29. The summed E-state index contributed by atoms with van der Waals surface area (Å²) >= 11 is 0. The third-order valence-corrected chi connectivity index (χ3v) is 4.97. The Labute approximate surface area is 153 Å². The van der Waals surface area contributed by atoms with Gasteiger partial charge in [0.15, 0.2) is 0 Å². The Hall–Kier alpha value is -2.57. The molecule has 1 aromatic heterocycles. The highest BCUT2D eigenvalue weighted by Crippen LogP contribution is 2.25. The van der Waals surface area contributed by atoms with E-state index < -0.39 is 0 Å². The molecule has 2 aromatic rings. The molecule has 1 aliphatic rings. The molecule has 1 N–H and O–H groups in total. The molecule has 0 unspecified atom stereocenters. The number of aromatic nitrogens is 2. The maximum atomic E-state index is 13.9. The fourth-order valence-corrected chi connectivity index (χ4v) is 3.29. The van der Waals surface area contributed by atoms with Gasteiger partial charge in [-0.1, -0.05) is 12.1 Å². The van der Waals surface area contributed by atoms with Crippen LogP contribution in [0.25, 0.3) is 0 Å². The molecule has 7 heteroatoms. The maximum absolute atomic E-state index is 13.9. The van der Waals surface area contributed by atoms with E-state index in [9.17, 15) is 9.18 Å². The minimum Gasteiger partial charge on any atom is -0.369 e. The van der Waals surface area contributed by atoms with Gasteiger partial charge in [0.1, 0.15) is 11.6 Å². The Kier molecular flexibility index (Phi) is 5.75. The lowest BCUT2D eigenvalue weighted by Gasteiger charge is -2.21. The number of imidazole rings is 1. The van der Waals surface area contributed by atoms with E-state index in [0.29, 0.717) is 24.7 Å². The monoisotopic (exact) mass is 359 g/mol. The van der Waals surface area contributed by atoms with Crippen molar-refractivity contribution in [3.05, 3.63) is 48.3 Å². The molecule has 2 heterocycles. The quantitative estimate of drug-likeness (QED) is 0.862. The summed E-state index contributed by atoms with van der Waals surface area (Å²) in [6.07, 6.45) is 4.63. The number of hydrogen-bond acceptors (Lipinski definition) is 3. The summed E-state index contributed by atoms with van der Waals surface area (Å²) < 4.78 is 15.9. The molecule has 6 nitrogen and oxygen atoms in total. The number of likely N-dealkylation sites (N-methyl/N-ethyl adjacent to an activating group) is 1. The van der Waals surface area contributed by atoms with Crippen LogP contribution in [0, 0.1) is 18.7 Å². The average Bonchev–Trinajstić information content (AvgIpc) is 3.27. The second-order valence-corrected chi connectivity index (χ2v) is 6.83. The van der Waals surface area contributed by atoms with Gasteiger partial charge in [0, 0.05) is 52.2 Å². The summed E-state index contributed by atoms with van der Waals surface area (Å²) in [4.78, 5) is 20.2. The number of amides is 2. The number of halogens is 1. The Balaban J connectivity index is 1.42. The van der Waals surface area contributed by atoms with Crippen molar-refractivity contribution >= 4 is 11.7 Å². The molecule has 3 rings (SSSR count). The van der Waals surface area contributed by atoms with Crippen LogP contribution in [0.4, 0.5) is 14.9 Å². The van der Waals surface area contributed by atoms with Crippen LogP contribution in [0.15, 0.2) is 36.7 Å². The average molecular weight is 359 g/mol. The number of carbonyl (C=O) groups is 1. The van der Waals surface area contributed by atoms with Crippen LogP contribution in [-0.2, 0) is 6.54 Å². The molecule has 1 saturated heterocycles. The van der Waals surface area contributed by atoms with Gasteiger partial charge in [-0.05, 0) is 31.4 Å². The smallest absolute Gasteiger partial charge is 0.317 e. The minimum atomic E-state index is -0.188. The Morgan fingerprint density at radius 1 is 1.42 bits per heavy atom. The summed E-state index contributed by atoms with van der Waals surface area (Å²) in [5.74, 6) is 1.09. The number of nitrogens with one attached hydrogen (secondary N) is 1. The van der Waals surface area contributed by atoms with Crippen LogP contribution in [0.3, 0.4) is 0 Å². The SMILES string of the molecule is Cc1nccn1CCN(C)C(=O)NC[C@H]1CCN(c2ccccc2F)C1. The number of carbonyl (C=O) groups excluding carboxylic acids is 1. The van der Waals surface area contributed by atoms with Gasteiger partial charge in [0.25, 0.3) is 0 Å². The second-order valence-electron chi connectivity index (χ2n) is 6.83. The summed E-state index contributed by atoms with van der Waals surface area (Å²) in [7, 11) is 1.79. The molecule has 0 aliphatic carbocycles. The van der Waals surface area contributed by atoms with Crippen molar-refractivity contribution in [1.29, 1.82) is 0 Å². The Bertz CT molecular complexity index is 747. The summed E-state index contributed by atoms with van der Waals surface area (Å²) in [5, 5.41) is 3.00. The predicted molar refractivity (Wildman–Crippen MR) is 99.7 cm³/mol. The first-order valence-corrected chi connectivity index (χ1v) is 9.01. The molecule has 0 radical (unpaired) electrons. The highest BCUT2D eigenvalue weighted by atomic mass is 19.1. The van der Waals surface area contributed by atoms with Gasteiger partial charge in [-0.15, -0.1) is 0 Å². The zero-order chi connectivity index (χ0) is 18.5. The maximum Gasteiger partial charge on any atom is 0.317 e. The highest BCUT2D eigenvalue weighted by Gasteiger charge is 2.25. The Morgan fingerprint density at radius 2 is 2.23 bits per heavy atom. The fraction of sp³-hybridized carbons (Fsp3) is 0.474. The molecule has 1 atom stereocenters. The van der Waals surface area contributed by atoms with Crippen LogP contribution in [0.1, 0.15) is 12.2 Å². The molecule has 2 amide bonds. The molecule has 26 heavy (non-hydrogen) atoms. The number of nitrogens with zero attached hydrogens (tertiary/aromatic N) is 4. The lowest BCUT2D eigenvalue weighted by atomic mass is 10.1. The number of urea groups is 1. The van der Waals surface area contributed by atoms with Gasteiger partial charge in [0.05, 0.1) is 5.69 Å². The second kappa shape index (κ2) is 8.21. The Morgan fingerprint density at radius 3 is 2.96 bits per heavy atom. The van der Waals surface area contributed by atoms with Crippen LogP contribution >= 0.6 is 0 Å². The number of aryl methyl sites for hydroxylation is 1. The molecular weight excluding hydrogens is 333 g/mol. The molecule has 0 saturated carbocycles. The van der Waals surface area contributed by atoms with Crippen LogP contribution in [-0.4, -0.2) is 53.7 Å². The van der Waals surface area contributed by atoms with E-state index >= 15 is 0 Å². The van der Waals surface area contributed by atoms with Crippen molar-refractivity contribution in [3.63, 3.8) is 0 Å². The van der Waals surface area contributed by atoms with E-state index in [1.165, 1.54) is 6.07 Å². The molecule has 140 valence electrons. The third-order valence-electron chi connectivity index (χ3n) is 4.97. The van der Waals surface area contributed by atoms with E-state index in [-0.39, 0.29) is 11.8 Å². The van der Waals surface area contributed by atoms with Gasteiger partial charge in [-0.3, -0.25) is 0 Å². The van der Waals surface area contributed by atoms with Crippen LogP contribution in [0.5, 0.6) is 0 Å². The third kappa shape index (κ3) is 4.33. The van der Waals surface area contributed by atoms with Crippen molar-refractivity contribution in [2.45, 2.75) is 19.9 Å². The number of benzene rings is 1. The predicted octanol–water partition coefficient (Wildman–Crippen LogP) is 2.50. The zero-order valence-electron chi connectivity index (χ0n) is 15.4. The van der Waals surface area contributed by atoms with Crippen LogP contribution < -0.4 is 10.2 Å². The van der Waals surface area contributed by atoms with E-state index in [1.807, 2.05) is 29.8 Å². The lowest BCUT2D eigenvalue weighted by Crippen LogP contribution is -2.41. The lowest BCUT2D eigenvalue weighted by molar-refractivity contribution is 0.205. The van der Waals surface area contributed by atoms with E-state index in [2.05, 4.69) is 15.2 Å². The van der Waals surface area contributed by atoms with Gasteiger partial charge in [-0.25, -0.2) is 14.2 Å². The standard InChI is InChI=1S/C19H26FN5O/c1-15-21-8-10-24(15)12-11-23(2)19(26)22-13-16-7-9-25(14-16)18-6-4-3-5-17(18)20/h3-6,8,10,16H,7,9,11-14H2,1-2H3,(H,22,26)/t16-/m1/s1. The molecule has 1 aliphatic heterocycles. The van der Waals surface area contributed by atoms with Crippen molar-refractivity contribution in [2.75, 3.05) is 38.1 Å². The van der Waals surface area contributed by atoms with Gasteiger partial charge in [0.2, 0.25) is 0 Å². The molecule has 0 bridgehead atoms. The molecule has 1 aromatic carbocycles. The molecule has 0 spiro atoms. The number of rotatable bonds is 6. The summed E-state index contributed by atoms with van der Waals surface area (Å²) in [6, 6.07) is 6.77. The van der Waals surface area contributed by atoms with E-state index in [1.54, 1.807) is 24.2 Å². The van der Waals surface area contributed by atoms with Crippen molar-refractivity contribution < 1.29 is 9.18 Å². The van der Waals surface area contributed by atoms with Gasteiger partial charge in [-0.2, -0.15) is 0 Å². The van der Waals surface area contributed by atoms with Gasteiger partial charge < -0.3 is 19.7 Å². The first-order chi connectivity index (χ1) is 12.5. The van der Waals surface area contributed by atoms with Crippen molar-refractivity contribution in [3.8, 4) is 0 Å². The van der Waals surface area contributed by atoms with Crippen molar-refractivity contribution in [2.24, 2.45) is 5.92 Å². The minimum absolute atomic E-state index is 0.0767. The molecule has 1 fully saturated rings. The van der Waals surface area contributed by atoms with Crippen LogP contribution in [0.2, 0.25) is 0 Å². The summed E-state index contributed by atoms with van der Waals surface area (Å²) in [5.41, 5.74) is 0.647. The topological polar surface area (TPSA) is 53.4 Å². The highest BCUT2D eigenvalue weighted by molar-refractivity contribution is 5.73. The van der Waals surface area contributed by atoms with Gasteiger partial charge >= 0.3 is 6.03 Å². The van der Waals surface area contributed by atoms with E-state index in [4.69, 9.17) is 0 Å². The number of hydrogen-bond donors (Lipinski definition) is 1. The van der Waals surface area contributed by atoms with E-state index in [0.717, 1.165) is 31.9 Å². The zero-order valence-corrected chi connectivity index (χ0v) is 15.4. The first kappa shape index (κ1) is 18.2. The largest absolute Gasteiger partial charge is 0.369 e. The number of para-hydroxylation sites is 1. The van der Waals surface area contributed by atoms with Crippen molar-refractivity contribution in [1.82, 2.24) is 19.8 Å². The summed E-state index contributed by atoms with van der Waals surface area (Å²) in [6.45, 7) is 5.48. The number of anilines is 1. The molecular formula is C19H26FN5O. The first-order valence-electron chi connectivity index (χ1n) is 9.01. The normalized spacial score (nSPS) is 16.7.